The Labute approximate surface area is 177 Å². The smallest absolute Gasteiger partial charge is 0.239 e. The zero-order valence-corrected chi connectivity index (χ0v) is 17.4. The van der Waals surface area contributed by atoms with Crippen LogP contribution in [0.2, 0.25) is 0 Å². The van der Waals surface area contributed by atoms with Crippen molar-refractivity contribution in [2.24, 2.45) is 5.73 Å². The molecule has 1 atom stereocenters. The Morgan fingerprint density at radius 1 is 1.07 bits per heavy atom. The topological polar surface area (TPSA) is 62.1 Å². The molecule has 1 aromatic heterocycles. The van der Waals surface area contributed by atoms with Gasteiger partial charge < -0.3 is 15.6 Å². The van der Waals surface area contributed by atoms with E-state index < -0.39 is 6.04 Å². The number of piperidine rings is 1. The zero-order valence-electron chi connectivity index (χ0n) is 16.6. The number of benzene rings is 2. The number of aromatic amines is 1. The first-order valence-electron chi connectivity index (χ1n) is 10.3. The van der Waals surface area contributed by atoms with Crippen molar-refractivity contribution in [2.75, 3.05) is 13.1 Å². The monoisotopic (exact) mass is 409 g/mol. The Morgan fingerprint density at radius 2 is 1.79 bits per heavy atom. The Hall–Kier alpha value is -2.30. The van der Waals surface area contributed by atoms with Gasteiger partial charge in [-0.05, 0) is 60.3 Å². The van der Waals surface area contributed by atoms with Crippen LogP contribution in [0, 0.1) is 0 Å². The minimum Gasteiger partial charge on any atom is -0.361 e. The highest BCUT2D eigenvalue weighted by Gasteiger charge is 2.42. The number of para-hydroxylation sites is 1. The van der Waals surface area contributed by atoms with E-state index in [0.29, 0.717) is 6.42 Å². The zero-order chi connectivity index (χ0) is 19.1. The quantitative estimate of drug-likeness (QED) is 0.687. The van der Waals surface area contributed by atoms with Crippen molar-refractivity contribution in [3.05, 3.63) is 71.4 Å². The van der Waals surface area contributed by atoms with Crippen LogP contribution in [0.25, 0.3) is 10.9 Å². The van der Waals surface area contributed by atoms with Crippen LogP contribution in [0.5, 0.6) is 0 Å². The van der Waals surface area contributed by atoms with Crippen molar-refractivity contribution in [1.82, 2.24) is 9.88 Å². The molecular weight excluding hydrogens is 382 g/mol. The molecule has 0 radical (unpaired) electrons. The number of carbonyl (C=O) groups is 1. The SMILES string of the molecule is Cl.N[C@H](Cc1c[nH]c2ccccc12)C(=O)N1CCC2(CCc3ccccc32)CC1. The summed E-state index contributed by atoms with van der Waals surface area (Å²) in [5, 5.41) is 1.16. The maximum atomic E-state index is 13.0. The summed E-state index contributed by atoms with van der Waals surface area (Å²) in [4.78, 5) is 18.3. The van der Waals surface area contributed by atoms with Gasteiger partial charge in [-0.3, -0.25) is 4.79 Å². The molecule has 0 saturated carbocycles. The lowest BCUT2D eigenvalue weighted by atomic mass is 9.74. The van der Waals surface area contributed by atoms with Gasteiger partial charge >= 0.3 is 0 Å². The van der Waals surface area contributed by atoms with Crippen LogP contribution in [-0.4, -0.2) is 34.9 Å². The van der Waals surface area contributed by atoms with Crippen molar-refractivity contribution >= 4 is 29.2 Å². The normalized spacial score (nSPS) is 18.4. The molecule has 1 fully saturated rings. The molecule has 1 aliphatic carbocycles. The van der Waals surface area contributed by atoms with Gasteiger partial charge in [-0.15, -0.1) is 12.4 Å². The number of nitrogens with two attached hydrogens (primary N) is 1. The van der Waals surface area contributed by atoms with E-state index in [1.165, 1.54) is 24.0 Å². The van der Waals surface area contributed by atoms with E-state index in [4.69, 9.17) is 5.73 Å². The summed E-state index contributed by atoms with van der Waals surface area (Å²) in [6.07, 6.45) is 7.05. The van der Waals surface area contributed by atoms with Gasteiger partial charge in [0, 0.05) is 30.2 Å². The average Bonchev–Trinajstić information content (AvgIpc) is 3.31. The van der Waals surface area contributed by atoms with Gasteiger partial charge in [-0.2, -0.15) is 0 Å². The van der Waals surface area contributed by atoms with Crippen molar-refractivity contribution in [1.29, 1.82) is 0 Å². The lowest BCUT2D eigenvalue weighted by Gasteiger charge is -2.41. The molecule has 2 aliphatic rings. The Bertz CT molecular complexity index is 1020. The van der Waals surface area contributed by atoms with E-state index >= 15 is 0 Å². The summed E-state index contributed by atoms with van der Waals surface area (Å²) < 4.78 is 0. The van der Waals surface area contributed by atoms with E-state index in [9.17, 15) is 4.79 Å². The summed E-state index contributed by atoms with van der Waals surface area (Å²) in [7, 11) is 0. The number of aromatic nitrogens is 1. The van der Waals surface area contributed by atoms with Gasteiger partial charge in [0.05, 0.1) is 6.04 Å². The minimum atomic E-state index is -0.482. The third-order valence-electron chi connectivity index (χ3n) is 6.93. The molecule has 29 heavy (non-hydrogen) atoms. The molecule has 5 rings (SSSR count). The molecule has 5 heteroatoms. The second-order valence-corrected chi connectivity index (χ2v) is 8.43. The molecule has 4 nitrogen and oxygen atoms in total. The maximum absolute atomic E-state index is 13.0. The predicted molar refractivity (Wildman–Crippen MR) is 119 cm³/mol. The number of amides is 1. The van der Waals surface area contributed by atoms with Crippen LogP contribution in [0.3, 0.4) is 0 Å². The molecule has 1 amide bonds. The Kier molecular flexibility index (Phi) is 5.41. The predicted octanol–water partition coefficient (Wildman–Crippen LogP) is 3.97. The number of likely N-dealkylation sites (tertiary alicyclic amines) is 1. The van der Waals surface area contributed by atoms with E-state index in [1.54, 1.807) is 0 Å². The van der Waals surface area contributed by atoms with Crippen molar-refractivity contribution < 1.29 is 4.79 Å². The van der Waals surface area contributed by atoms with Gasteiger partial charge in [-0.1, -0.05) is 42.5 Å². The fourth-order valence-electron chi connectivity index (χ4n) is 5.30. The van der Waals surface area contributed by atoms with Crippen LogP contribution in [0.4, 0.5) is 0 Å². The number of H-pyrrole nitrogens is 1. The average molecular weight is 410 g/mol. The molecular formula is C24H28ClN3O. The third kappa shape index (κ3) is 3.45. The first-order chi connectivity index (χ1) is 13.7. The van der Waals surface area contributed by atoms with Gasteiger partial charge in [0.25, 0.3) is 0 Å². The molecule has 1 aliphatic heterocycles. The fraction of sp³-hybridized carbons (Fsp3) is 0.375. The largest absolute Gasteiger partial charge is 0.361 e. The van der Waals surface area contributed by atoms with Crippen LogP contribution < -0.4 is 5.73 Å². The second kappa shape index (κ2) is 7.85. The molecule has 0 bridgehead atoms. The number of carbonyl (C=O) groups excluding carboxylic acids is 1. The summed E-state index contributed by atoms with van der Waals surface area (Å²) in [5.74, 6) is 0.0893. The Balaban J connectivity index is 0.00000205. The lowest BCUT2D eigenvalue weighted by molar-refractivity contribution is -0.134. The summed E-state index contributed by atoms with van der Waals surface area (Å²) in [6, 6.07) is 16.5. The third-order valence-corrected chi connectivity index (χ3v) is 6.93. The van der Waals surface area contributed by atoms with E-state index in [0.717, 1.165) is 42.4 Å². The van der Waals surface area contributed by atoms with E-state index in [-0.39, 0.29) is 23.7 Å². The van der Waals surface area contributed by atoms with Gasteiger partial charge in [0.15, 0.2) is 0 Å². The van der Waals surface area contributed by atoms with Gasteiger partial charge in [0.2, 0.25) is 5.91 Å². The van der Waals surface area contributed by atoms with Crippen molar-refractivity contribution in [2.45, 2.75) is 43.6 Å². The highest BCUT2D eigenvalue weighted by atomic mass is 35.5. The standard InChI is InChI=1S/C24H27N3O.ClH/c25-21(15-18-16-26-22-8-4-2-6-19(18)22)23(28)27-13-11-24(12-14-27)10-9-17-5-1-3-7-20(17)24;/h1-8,16,21,26H,9-15,25H2;1H/t21-;/m1./s1. The minimum absolute atomic E-state index is 0. The molecule has 3 aromatic rings. The van der Waals surface area contributed by atoms with Crippen LogP contribution in [-0.2, 0) is 23.1 Å². The highest BCUT2D eigenvalue weighted by molar-refractivity contribution is 5.86. The number of rotatable bonds is 3. The van der Waals surface area contributed by atoms with Gasteiger partial charge in [-0.25, -0.2) is 0 Å². The molecule has 1 saturated heterocycles. The van der Waals surface area contributed by atoms with Crippen LogP contribution >= 0.6 is 12.4 Å². The number of hydrogen-bond acceptors (Lipinski definition) is 2. The number of halogens is 1. The summed E-state index contributed by atoms with van der Waals surface area (Å²) in [5.41, 5.74) is 11.9. The van der Waals surface area contributed by atoms with Crippen molar-refractivity contribution in [3.63, 3.8) is 0 Å². The number of hydrogen-bond donors (Lipinski definition) is 2. The van der Waals surface area contributed by atoms with E-state index in [2.05, 4.69) is 41.4 Å². The van der Waals surface area contributed by atoms with Gasteiger partial charge in [0.1, 0.15) is 0 Å². The Morgan fingerprint density at radius 3 is 2.62 bits per heavy atom. The number of fused-ring (bicyclic) bond motifs is 3. The molecule has 152 valence electrons. The van der Waals surface area contributed by atoms with Crippen molar-refractivity contribution in [3.8, 4) is 0 Å². The summed E-state index contributed by atoms with van der Waals surface area (Å²) >= 11 is 0. The lowest BCUT2D eigenvalue weighted by Crippen LogP contribution is -2.50. The molecule has 2 heterocycles. The molecule has 0 unspecified atom stereocenters. The number of aryl methyl sites for hydroxylation is 1. The number of nitrogens with one attached hydrogen (secondary N) is 1. The first kappa shape index (κ1) is 20.0. The second-order valence-electron chi connectivity index (χ2n) is 8.43. The fourth-order valence-corrected chi connectivity index (χ4v) is 5.30. The first-order valence-corrected chi connectivity index (χ1v) is 10.3. The number of nitrogens with zero attached hydrogens (tertiary/aromatic N) is 1. The van der Waals surface area contributed by atoms with Crippen LogP contribution in [0.15, 0.2) is 54.7 Å². The van der Waals surface area contributed by atoms with E-state index in [1.807, 2.05) is 23.2 Å². The molecule has 1 spiro atoms. The molecule has 3 N–H and O–H groups in total. The molecule has 2 aromatic carbocycles. The van der Waals surface area contributed by atoms with Crippen LogP contribution in [0.1, 0.15) is 36.0 Å². The highest BCUT2D eigenvalue weighted by Crippen LogP contribution is 2.46. The maximum Gasteiger partial charge on any atom is 0.239 e. The summed E-state index contributed by atoms with van der Waals surface area (Å²) in [6.45, 7) is 1.63.